The van der Waals surface area contributed by atoms with Gasteiger partial charge in [0.15, 0.2) is 5.13 Å². The average molecular weight is 518 g/mol. The van der Waals surface area contributed by atoms with E-state index in [1.807, 2.05) is 91.2 Å². The number of hydrogen-bond donors (Lipinski definition) is 2. The maximum Gasteiger partial charge on any atom is 0.239 e. The molecule has 0 fully saturated rings. The fourth-order valence-corrected chi connectivity index (χ4v) is 5.29. The zero-order valence-electron chi connectivity index (χ0n) is 20.1. The number of ether oxygens (including phenoxy) is 1. The maximum absolute atomic E-state index is 13.0. The molecule has 1 atom stereocenters. The Kier molecular flexibility index (Phi) is 8.76. The third kappa shape index (κ3) is 6.96. The van der Waals surface area contributed by atoms with Gasteiger partial charge < -0.3 is 15.4 Å². The number of hydrogen-bond acceptors (Lipinski definition) is 6. The lowest BCUT2D eigenvalue weighted by Gasteiger charge is -2.14. The summed E-state index contributed by atoms with van der Waals surface area (Å²) in [7, 11) is 1.63. The minimum atomic E-state index is -0.301. The van der Waals surface area contributed by atoms with E-state index < -0.39 is 0 Å². The number of benzene rings is 3. The van der Waals surface area contributed by atoms with Crippen molar-refractivity contribution in [3.05, 3.63) is 89.8 Å². The van der Waals surface area contributed by atoms with E-state index in [-0.39, 0.29) is 17.1 Å². The quantitative estimate of drug-likeness (QED) is 0.234. The van der Waals surface area contributed by atoms with Crippen molar-refractivity contribution in [3.63, 3.8) is 0 Å². The predicted molar refractivity (Wildman–Crippen MR) is 148 cm³/mol. The summed E-state index contributed by atoms with van der Waals surface area (Å²) in [5, 5.41) is 8.07. The number of amides is 2. The first kappa shape index (κ1) is 25.5. The zero-order chi connectivity index (χ0) is 25.3. The molecule has 1 unspecified atom stereocenters. The number of nitrogens with zero attached hydrogens (tertiary/aromatic N) is 1. The summed E-state index contributed by atoms with van der Waals surface area (Å²) in [4.78, 5) is 30.9. The normalized spacial score (nSPS) is 11.5. The SMILES string of the molecule is CCC(Sc1cccc(NC(=O)Cc2ccccc2)c1)C(=O)Nc1nc(-c2cccc(OC)c2)cs1. The van der Waals surface area contributed by atoms with Gasteiger partial charge in [-0.1, -0.05) is 55.5 Å². The van der Waals surface area contributed by atoms with Crippen LogP contribution in [0.3, 0.4) is 0 Å². The molecule has 6 nitrogen and oxygen atoms in total. The second kappa shape index (κ2) is 12.4. The molecule has 0 aliphatic heterocycles. The van der Waals surface area contributed by atoms with Crippen LogP contribution in [0.4, 0.5) is 10.8 Å². The van der Waals surface area contributed by atoms with Gasteiger partial charge in [-0.15, -0.1) is 23.1 Å². The summed E-state index contributed by atoms with van der Waals surface area (Å²) in [5.74, 6) is 0.573. The number of carbonyl (C=O) groups is 2. The van der Waals surface area contributed by atoms with Gasteiger partial charge in [-0.25, -0.2) is 4.98 Å². The highest BCUT2D eigenvalue weighted by Gasteiger charge is 2.20. The molecule has 8 heteroatoms. The summed E-state index contributed by atoms with van der Waals surface area (Å²) >= 11 is 2.86. The van der Waals surface area contributed by atoms with E-state index in [0.29, 0.717) is 23.7 Å². The predicted octanol–water partition coefficient (Wildman–Crippen LogP) is 6.51. The third-order valence-corrected chi connectivity index (χ3v) is 7.48. The first-order chi connectivity index (χ1) is 17.5. The summed E-state index contributed by atoms with van der Waals surface area (Å²) in [5.41, 5.74) is 3.38. The van der Waals surface area contributed by atoms with Crippen LogP contribution in [-0.2, 0) is 16.0 Å². The Hall–Kier alpha value is -3.62. The van der Waals surface area contributed by atoms with E-state index in [1.54, 1.807) is 7.11 Å². The van der Waals surface area contributed by atoms with Gasteiger partial charge >= 0.3 is 0 Å². The standard InChI is InChI=1S/C28H27N3O3S2/c1-3-25(27(33)31-28-30-24(18-35-28)20-11-7-13-22(16-20)34-2)36-23-14-8-12-21(17-23)29-26(32)15-19-9-5-4-6-10-19/h4-14,16-18,25H,3,15H2,1-2H3,(H,29,32)(H,30,31,33). The Morgan fingerprint density at radius 1 is 1.00 bits per heavy atom. The topological polar surface area (TPSA) is 80.3 Å². The number of aromatic nitrogens is 1. The van der Waals surface area contributed by atoms with Crippen molar-refractivity contribution in [2.75, 3.05) is 17.7 Å². The van der Waals surface area contributed by atoms with E-state index >= 15 is 0 Å². The number of rotatable bonds is 10. The molecule has 1 aromatic heterocycles. The number of nitrogens with one attached hydrogen (secondary N) is 2. The highest BCUT2D eigenvalue weighted by atomic mass is 32.2. The number of methoxy groups -OCH3 is 1. The first-order valence-corrected chi connectivity index (χ1v) is 13.3. The monoisotopic (exact) mass is 517 g/mol. The molecule has 4 aromatic rings. The number of thioether (sulfide) groups is 1. The lowest BCUT2D eigenvalue weighted by atomic mass is 10.1. The van der Waals surface area contributed by atoms with Gasteiger partial charge in [0.1, 0.15) is 5.75 Å². The highest BCUT2D eigenvalue weighted by molar-refractivity contribution is 8.00. The molecule has 184 valence electrons. The van der Waals surface area contributed by atoms with Crippen molar-refractivity contribution in [2.45, 2.75) is 29.9 Å². The number of thiazole rings is 1. The second-order valence-electron chi connectivity index (χ2n) is 8.01. The lowest BCUT2D eigenvalue weighted by Crippen LogP contribution is -2.24. The van der Waals surface area contributed by atoms with E-state index in [1.165, 1.54) is 23.1 Å². The molecule has 0 spiro atoms. The fourth-order valence-electron chi connectivity index (χ4n) is 3.55. The summed E-state index contributed by atoms with van der Waals surface area (Å²) in [6, 6.07) is 24.9. The molecule has 0 saturated carbocycles. The Labute approximate surface area is 219 Å². The molecule has 4 rings (SSSR count). The van der Waals surface area contributed by atoms with Gasteiger partial charge in [0.05, 0.1) is 24.5 Å². The molecule has 36 heavy (non-hydrogen) atoms. The van der Waals surface area contributed by atoms with Crippen molar-refractivity contribution in [1.29, 1.82) is 0 Å². The minimum Gasteiger partial charge on any atom is -0.497 e. The van der Waals surface area contributed by atoms with Gasteiger partial charge in [-0.3, -0.25) is 9.59 Å². The van der Waals surface area contributed by atoms with Crippen LogP contribution in [0, 0.1) is 0 Å². The summed E-state index contributed by atoms with van der Waals surface area (Å²) in [6.45, 7) is 1.98. The van der Waals surface area contributed by atoms with Crippen LogP contribution < -0.4 is 15.4 Å². The minimum absolute atomic E-state index is 0.0799. The fraction of sp³-hybridized carbons (Fsp3) is 0.179. The van der Waals surface area contributed by atoms with Crippen LogP contribution in [0.5, 0.6) is 5.75 Å². The molecule has 0 aliphatic rings. The zero-order valence-corrected chi connectivity index (χ0v) is 21.7. The van der Waals surface area contributed by atoms with Gasteiger partial charge in [0.25, 0.3) is 0 Å². The van der Waals surface area contributed by atoms with Crippen LogP contribution in [0.15, 0.2) is 89.1 Å². The van der Waals surface area contributed by atoms with Crippen LogP contribution in [0.2, 0.25) is 0 Å². The molecule has 3 aromatic carbocycles. The van der Waals surface area contributed by atoms with Crippen molar-refractivity contribution in [1.82, 2.24) is 4.98 Å². The van der Waals surface area contributed by atoms with Crippen molar-refractivity contribution < 1.29 is 14.3 Å². The van der Waals surface area contributed by atoms with Crippen LogP contribution in [0.25, 0.3) is 11.3 Å². The molecule has 0 radical (unpaired) electrons. The Morgan fingerprint density at radius 2 is 1.81 bits per heavy atom. The Balaban J connectivity index is 1.36. The van der Waals surface area contributed by atoms with Crippen molar-refractivity contribution in [3.8, 4) is 17.0 Å². The number of anilines is 2. The van der Waals surface area contributed by atoms with E-state index in [2.05, 4.69) is 15.6 Å². The van der Waals surface area contributed by atoms with Crippen molar-refractivity contribution >= 4 is 45.7 Å². The van der Waals surface area contributed by atoms with Crippen LogP contribution >= 0.6 is 23.1 Å². The molecule has 0 saturated heterocycles. The van der Waals surface area contributed by atoms with Crippen LogP contribution in [0.1, 0.15) is 18.9 Å². The largest absolute Gasteiger partial charge is 0.497 e. The molecular formula is C28H27N3O3S2. The average Bonchev–Trinajstić information content (AvgIpc) is 3.36. The van der Waals surface area contributed by atoms with Gasteiger partial charge in [0, 0.05) is 21.5 Å². The third-order valence-electron chi connectivity index (χ3n) is 5.37. The molecule has 0 aliphatic carbocycles. The molecule has 2 N–H and O–H groups in total. The van der Waals surface area contributed by atoms with Crippen molar-refractivity contribution in [2.24, 2.45) is 0 Å². The maximum atomic E-state index is 13.0. The van der Waals surface area contributed by atoms with Gasteiger partial charge in [-0.2, -0.15) is 0 Å². The summed E-state index contributed by atoms with van der Waals surface area (Å²) < 4.78 is 5.29. The first-order valence-electron chi connectivity index (χ1n) is 11.6. The van der Waals surface area contributed by atoms with E-state index in [9.17, 15) is 9.59 Å². The molecular weight excluding hydrogens is 490 g/mol. The lowest BCUT2D eigenvalue weighted by molar-refractivity contribution is -0.116. The Bertz CT molecular complexity index is 1320. The Morgan fingerprint density at radius 3 is 2.58 bits per heavy atom. The number of carbonyl (C=O) groups excluding carboxylic acids is 2. The molecule has 2 amide bonds. The molecule has 1 heterocycles. The summed E-state index contributed by atoms with van der Waals surface area (Å²) in [6.07, 6.45) is 0.957. The van der Waals surface area contributed by atoms with E-state index in [0.717, 1.165) is 27.5 Å². The van der Waals surface area contributed by atoms with Gasteiger partial charge in [-0.05, 0) is 42.3 Å². The highest BCUT2D eigenvalue weighted by Crippen LogP contribution is 2.31. The second-order valence-corrected chi connectivity index (χ2v) is 10.1. The smallest absolute Gasteiger partial charge is 0.239 e. The van der Waals surface area contributed by atoms with Crippen LogP contribution in [-0.4, -0.2) is 29.2 Å². The van der Waals surface area contributed by atoms with E-state index in [4.69, 9.17) is 4.74 Å². The van der Waals surface area contributed by atoms with Gasteiger partial charge in [0.2, 0.25) is 11.8 Å². The molecule has 0 bridgehead atoms.